The van der Waals surface area contributed by atoms with Gasteiger partial charge in [0.05, 0.1) is 6.20 Å². The molecule has 0 aliphatic heterocycles. The molecule has 0 fully saturated rings. The lowest BCUT2D eigenvalue weighted by Crippen LogP contribution is -2.43. The van der Waals surface area contributed by atoms with Gasteiger partial charge in [0.2, 0.25) is 0 Å². The molecule has 132 valence electrons. The van der Waals surface area contributed by atoms with Gasteiger partial charge < -0.3 is 20.5 Å². The van der Waals surface area contributed by atoms with Crippen LogP contribution < -0.4 is 10.6 Å². The molecule has 0 aliphatic carbocycles. The first-order chi connectivity index (χ1) is 11.2. The number of nitrogens with zero attached hydrogens (tertiary/aromatic N) is 2. The van der Waals surface area contributed by atoms with Crippen molar-refractivity contribution in [1.29, 1.82) is 0 Å². The highest BCUT2D eigenvalue weighted by Crippen LogP contribution is 2.07. The van der Waals surface area contributed by atoms with Gasteiger partial charge in [-0.1, -0.05) is 0 Å². The van der Waals surface area contributed by atoms with E-state index in [2.05, 4.69) is 20.6 Å². The first-order valence-corrected chi connectivity index (χ1v) is 7.45. The molecule has 3 N–H and O–H groups in total. The van der Waals surface area contributed by atoms with Crippen molar-refractivity contribution in [2.45, 2.75) is 45.3 Å². The van der Waals surface area contributed by atoms with Gasteiger partial charge in [0.25, 0.3) is 5.91 Å². The number of aromatic nitrogens is 2. The highest BCUT2D eigenvalue weighted by molar-refractivity contribution is 5.91. The molecule has 1 atom stereocenters. The largest absolute Gasteiger partial charge is 0.480 e. The van der Waals surface area contributed by atoms with Crippen molar-refractivity contribution >= 4 is 18.0 Å². The number of amides is 2. The Morgan fingerprint density at radius 3 is 2.54 bits per heavy atom. The molecule has 0 spiro atoms. The van der Waals surface area contributed by atoms with Gasteiger partial charge >= 0.3 is 12.1 Å². The van der Waals surface area contributed by atoms with Crippen LogP contribution in [0.4, 0.5) is 4.79 Å². The molecule has 9 heteroatoms. The third-order valence-corrected chi connectivity index (χ3v) is 2.74. The van der Waals surface area contributed by atoms with Gasteiger partial charge in [-0.05, 0) is 33.6 Å². The Morgan fingerprint density at radius 2 is 2.00 bits per heavy atom. The molecule has 0 radical (unpaired) electrons. The second-order valence-corrected chi connectivity index (χ2v) is 6.03. The number of carbonyl (C=O) groups is 3. The first kappa shape index (κ1) is 19.3. The van der Waals surface area contributed by atoms with Crippen LogP contribution in [0.25, 0.3) is 0 Å². The number of carbonyl (C=O) groups excluding carboxylic acids is 2. The van der Waals surface area contributed by atoms with Crippen molar-refractivity contribution in [2.24, 2.45) is 0 Å². The highest BCUT2D eigenvalue weighted by Gasteiger charge is 2.23. The SMILES string of the molecule is CC(C)(C)OC(=O)NC(CCCNC(=O)c1cnccn1)C(=O)O. The van der Waals surface area contributed by atoms with Crippen LogP contribution in [0.2, 0.25) is 0 Å². The summed E-state index contributed by atoms with van der Waals surface area (Å²) in [6.07, 6.45) is 3.91. The van der Waals surface area contributed by atoms with E-state index >= 15 is 0 Å². The van der Waals surface area contributed by atoms with E-state index < -0.39 is 29.6 Å². The van der Waals surface area contributed by atoms with Crippen molar-refractivity contribution in [2.75, 3.05) is 6.54 Å². The molecule has 1 heterocycles. The molecule has 0 bridgehead atoms. The van der Waals surface area contributed by atoms with Crippen molar-refractivity contribution in [3.63, 3.8) is 0 Å². The number of hydrogen-bond donors (Lipinski definition) is 3. The van der Waals surface area contributed by atoms with E-state index in [0.717, 1.165) is 0 Å². The van der Waals surface area contributed by atoms with Gasteiger partial charge in [0.15, 0.2) is 0 Å². The molecule has 1 aromatic heterocycles. The number of carboxylic acids is 1. The number of alkyl carbamates (subject to hydrolysis) is 1. The summed E-state index contributed by atoms with van der Waals surface area (Å²) in [5.74, 6) is -1.56. The molecule has 1 rings (SSSR count). The van der Waals surface area contributed by atoms with Crippen LogP contribution in [0.15, 0.2) is 18.6 Å². The van der Waals surface area contributed by atoms with E-state index in [9.17, 15) is 14.4 Å². The molecule has 0 aliphatic rings. The number of ether oxygens (including phenoxy) is 1. The summed E-state index contributed by atoms with van der Waals surface area (Å²) in [5.41, 5.74) is -0.531. The van der Waals surface area contributed by atoms with E-state index in [0.29, 0.717) is 6.42 Å². The third-order valence-electron chi connectivity index (χ3n) is 2.74. The Bertz CT molecular complexity index is 571. The number of aliphatic carboxylic acids is 1. The Hall–Kier alpha value is -2.71. The zero-order valence-corrected chi connectivity index (χ0v) is 13.9. The summed E-state index contributed by atoms with van der Waals surface area (Å²) in [6.45, 7) is 5.30. The molecular formula is C15H22N4O5. The van der Waals surface area contributed by atoms with Crippen LogP contribution in [0.5, 0.6) is 0 Å². The molecular weight excluding hydrogens is 316 g/mol. The summed E-state index contributed by atoms with van der Waals surface area (Å²) in [7, 11) is 0. The number of carboxylic acid groups (broad SMARTS) is 1. The minimum Gasteiger partial charge on any atom is -0.480 e. The lowest BCUT2D eigenvalue weighted by molar-refractivity contribution is -0.139. The van der Waals surface area contributed by atoms with E-state index in [-0.39, 0.29) is 18.7 Å². The lowest BCUT2D eigenvalue weighted by atomic mass is 10.1. The molecule has 0 saturated heterocycles. The van der Waals surface area contributed by atoms with Crippen LogP contribution >= 0.6 is 0 Å². The zero-order chi connectivity index (χ0) is 18.2. The second-order valence-electron chi connectivity index (χ2n) is 6.03. The van der Waals surface area contributed by atoms with Crippen LogP contribution in [0, 0.1) is 0 Å². The quantitative estimate of drug-likeness (QED) is 0.631. The highest BCUT2D eigenvalue weighted by atomic mass is 16.6. The third kappa shape index (κ3) is 7.52. The van der Waals surface area contributed by atoms with Crippen molar-refractivity contribution in [3.8, 4) is 0 Å². The Labute approximate surface area is 139 Å². The van der Waals surface area contributed by atoms with Gasteiger partial charge in [0, 0.05) is 18.9 Å². The maximum atomic E-state index is 11.7. The molecule has 1 unspecified atom stereocenters. The van der Waals surface area contributed by atoms with Gasteiger partial charge in [0.1, 0.15) is 17.3 Å². The minimum absolute atomic E-state index is 0.148. The maximum absolute atomic E-state index is 11.7. The summed E-state index contributed by atoms with van der Waals surface area (Å²) in [6, 6.07) is -1.09. The molecule has 0 aromatic carbocycles. The van der Waals surface area contributed by atoms with Crippen LogP contribution in [-0.2, 0) is 9.53 Å². The predicted octanol–water partition coefficient (Wildman–Crippen LogP) is 0.964. The van der Waals surface area contributed by atoms with E-state index in [1.807, 2.05) is 0 Å². The van der Waals surface area contributed by atoms with E-state index in [1.165, 1.54) is 18.6 Å². The Morgan fingerprint density at radius 1 is 1.29 bits per heavy atom. The standard InChI is InChI=1S/C15H22N4O5/c1-15(2,3)24-14(23)19-10(13(21)22)5-4-6-18-12(20)11-9-16-7-8-17-11/h7-10H,4-6H2,1-3H3,(H,18,20)(H,19,23)(H,21,22). The molecule has 1 aromatic rings. The van der Waals surface area contributed by atoms with E-state index in [1.54, 1.807) is 20.8 Å². The fraction of sp³-hybridized carbons (Fsp3) is 0.533. The second kappa shape index (κ2) is 8.80. The summed E-state index contributed by atoms with van der Waals surface area (Å²) in [4.78, 5) is 42.2. The maximum Gasteiger partial charge on any atom is 0.408 e. The van der Waals surface area contributed by atoms with Crippen LogP contribution in [0.3, 0.4) is 0 Å². The number of rotatable bonds is 7. The Balaban J connectivity index is 2.38. The van der Waals surface area contributed by atoms with Crippen LogP contribution in [-0.4, -0.2) is 51.2 Å². The van der Waals surface area contributed by atoms with Crippen molar-refractivity contribution in [1.82, 2.24) is 20.6 Å². The van der Waals surface area contributed by atoms with Gasteiger partial charge in [-0.3, -0.25) is 9.78 Å². The summed E-state index contributed by atoms with van der Waals surface area (Å²) >= 11 is 0. The number of hydrogen-bond acceptors (Lipinski definition) is 6. The normalized spacial score (nSPS) is 12.1. The first-order valence-electron chi connectivity index (χ1n) is 7.45. The van der Waals surface area contributed by atoms with E-state index in [4.69, 9.17) is 9.84 Å². The smallest absolute Gasteiger partial charge is 0.408 e. The zero-order valence-electron chi connectivity index (χ0n) is 13.9. The predicted molar refractivity (Wildman–Crippen MR) is 84.4 cm³/mol. The van der Waals surface area contributed by atoms with Crippen molar-refractivity contribution in [3.05, 3.63) is 24.3 Å². The van der Waals surface area contributed by atoms with Gasteiger partial charge in [-0.15, -0.1) is 0 Å². The fourth-order valence-electron chi connectivity index (χ4n) is 1.72. The number of nitrogens with one attached hydrogen (secondary N) is 2. The lowest BCUT2D eigenvalue weighted by Gasteiger charge is -2.22. The van der Waals surface area contributed by atoms with Gasteiger partial charge in [-0.2, -0.15) is 0 Å². The summed E-state index contributed by atoms with van der Waals surface area (Å²) in [5, 5.41) is 14.0. The Kier molecular flexibility index (Phi) is 7.09. The topological polar surface area (TPSA) is 131 Å². The molecule has 2 amide bonds. The monoisotopic (exact) mass is 338 g/mol. The molecule has 0 saturated carbocycles. The average molecular weight is 338 g/mol. The minimum atomic E-state index is -1.17. The fourth-order valence-corrected chi connectivity index (χ4v) is 1.72. The average Bonchev–Trinajstić information content (AvgIpc) is 2.48. The molecule has 9 nitrogen and oxygen atoms in total. The van der Waals surface area contributed by atoms with Crippen molar-refractivity contribution < 1.29 is 24.2 Å². The van der Waals surface area contributed by atoms with Crippen LogP contribution in [0.1, 0.15) is 44.1 Å². The van der Waals surface area contributed by atoms with Gasteiger partial charge in [-0.25, -0.2) is 14.6 Å². The summed E-state index contributed by atoms with van der Waals surface area (Å²) < 4.78 is 5.02. The molecule has 24 heavy (non-hydrogen) atoms.